The monoisotopic (exact) mass is 307 g/mol. The molecule has 1 saturated heterocycles. The van der Waals surface area contributed by atoms with Crippen LogP contribution in [0.2, 0.25) is 0 Å². The first-order chi connectivity index (χ1) is 10.6. The largest absolute Gasteiger partial charge is 0.334 e. The van der Waals surface area contributed by atoms with Crippen molar-refractivity contribution < 1.29 is 9.59 Å². The van der Waals surface area contributed by atoms with Gasteiger partial charge in [-0.25, -0.2) is 4.79 Å². The predicted molar refractivity (Wildman–Crippen MR) is 85.7 cm³/mol. The first-order valence-corrected chi connectivity index (χ1v) is 8.87. The molecule has 2 saturated carbocycles. The first-order valence-electron chi connectivity index (χ1n) is 8.87. The van der Waals surface area contributed by atoms with Crippen LogP contribution in [0.4, 0.5) is 4.79 Å². The summed E-state index contributed by atoms with van der Waals surface area (Å²) in [5, 5.41) is 3.21. The molecule has 0 radical (unpaired) electrons. The zero-order valence-corrected chi connectivity index (χ0v) is 13.9. The molecule has 1 N–H and O–H groups in total. The standard InChI is InChI=1S/C17H29N3O2/c1-3-8-20-11-13(18-17(22)19(2)14-4-5-14)9-12-10-15(21)6-7-16(12)20/h12-14,16H,3-11H2,1-2H3,(H,18,22)/t12-,13+,16-/m1/s1. The lowest BCUT2D eigenvalue weighted by Crippen LogP contribution is -2.58. The zero-order chi connectivity index (χ0) is 15.7. The molecule has 3 rings (SSSR count). The summed E-state index contributed by atoms with van der Waals surface area (Å²) in [4.78, 5) is 28.5. The number of likely N-dealkylation sites (tertiary alicyclic amines) is 1. The van der Waals surface area contributed by atoms with Crippen LogP contribution in [0, 0.1) is 5.92 Å². The third-order valence-electron chi connectivity index (χ3n) is 5.52. The molecule has 0 bridgehead atoms. The lowest BCUT2D eigenvalue weighted by atomic mass is 9.76. The Hall–Kier alpha value is -1.10. The van der Waals surface area contributed by atoms with Gasteiger partial charge in [-0.1, -0.05) is 6.92 Å². The highest BCUT2D eigenvalue weighted by Gasteiger charge is 2.40. The van der Waals surface area contributed by atoms with Crippen LogP contribution < -0.4 is 5.32 Å². The van der Waals surface area contributed by atoms with Crippen molar-refractivity contribution in [2.24, 2.45) is 5.92 Å². The van der Waals surface area contributed by atoms with E-state index in [0.717, 1.165) is 51.6 Å². The molecule has 3 aliphatic rings. The van der Waals surface area contributed by atoms with Gasteiger partial charge < -0.3 is 10.2 Å². The number of hydrogen-bond acceptors (Lipinski definition) is 3. The molecule has 5 nitrogen and oxygen atoms in total. The van der Waals surface area contributed by atoms with Gasteiger partial charge in [0, 0.05) is 44.6 Å². The van der Waals surface area contributed by atoms with E-state index in [1.807, 2.05) is 11.9 Å². The van der Waals surface area contributed by atoms with E-state index in [2.05, 4.69) is 17.1 Å². The Labute approximate surface area is 133 Å². The smallest absolute Gasteiger partial charge is 0.317 e. The summed E-state index contributed by atoms with van der Waals surface area (Å²) in [6.45, 7) is 4.21. The minimum Gasteiger partial charge on any atom is -0.334 e. The third kappa shape index (κ3) is 3.45. The maximum absolute atomic E-state index is 12.3. The van der Waals surface area contributed by atoms with Crippen molar-refractivity contribution >= 4 is 11.8 Å². The fourth-order valence-corrected chi connectivity index (χ4v) is 4.21. The molecule has 22 heavy (non-hydrogen) atoms. The van der Waals surface area contributed by atoms with Crippen LogP contribution in [0.3, 0.4) is 0 Å². The number of urea groups is 1. The second kappa shape index (κ2) is 6.57. The Morgan fingerprint density at radius 2 is 2.14 bits per heavy atom. The van der Waals surface area contributed by atoms with E-state index < -0.39 is 0 Å². The van der Waals surface area contributed by atoms with E-state index in [0.29, 0.717) is 30.2 Å². The van der Waals surface area contributed by atoms with Crippen LogP contribution in [0.25, 0.3) is 0 Å². The fraction of sp³-hybridized carbons (Fsp3) is 0.882. The van der Waals surface area contributed by atoms with E-state index in [-0.39, 0.29) is 12.1 Å². The van der Waals surface area contributed by atoms with Crippen LogP contribution in [0.15, 0.2) is 0 Å². The first kappa shape index (κ1) is 15.8. The molecule has 124 valence electrons. The van der Waals surface area contributed by atoms with Crippen LogP contribution >= 0.6 is 0 Å². The van der Waals surface area contributed by atoms with Crippen molar-refractivity contribution in [2.75, 3.05) is 20.1 Å². The number of nitrogens with zero attached hydrogens (tertiary/aromatic N) is 2. The second-order valence-corrected chi connectivity index (χ2v) is 7.33. The average molecular weight is 307 g/mol. The average Bonchev–Trinajstić information content (AvgIpc) is 3.30. The van der Waals surface area contributed by atoms with Crippen LogP contribution in [0.5, 0.6) is 0 Å². The Morgan fingerprint density at radius 1 is 1.36 bits per heavy atom. The molecular weight excluding hydrogens is 278 g/mol. The van der Waals surface area contributed by atoms with Crippen molar-refractivity contribution in [3.63, 3.8) is 0 Å². The summed E-state index contributed by atoms with van der Waals surface area (Å²) < 4.78 is 0. The van der Waals surface area contributed by atoms with Crippen molar-refractivity contribution in [1.82, 2.24) is 15.1 Å². The van der Waals surface area contributed by atoms with Crippen molar-refractivity contribution in [3.05, 3.63) is 0 Å². The van der Waals surface area contributed by atoms with E-state index in [9.17, 15) is 9.59 Å². The molecule has 5 heteroatoms. The molecule has 3 fully saturated rings. The van der Waals surface area contributed by atoms with Gasteiger partial charge in [-0.2, -0.15) is 0 Å². The zero-order valence-electron chi connectivity index (χ0n) is 13.9. The number of carbonyl (C=O) groups excluding carboxylic acids is 2. The van der Waals surface area contributed by atoms with E-state index in [4.69, 9.17) is 0 Å². The summed E-state index contributed by atoms with van der Waals surface area (Å²) in [6.07, 6.45) is 6.80. The van der Waals surface area contributed by atoms with Gasteiger partial charge in [0.05, 0.1) is 0 Å². The Bertz CT molecular complexity index is 436. The molecular formula is C17H29N3O2. The molecule has 1 aliphatic heterocycles. The molecule has 2 aliphatic carbocycles. The van der Waals surface area contributed by atoms with E-state index >= 15 is 0 Å². The summed E-state index contributed by atoms with van der Waals surface area (Å²) in [5.41, 5.74) is 0. The minimum absolute atomic E-state index is 0.0598. The number of fused-ring (bicyclic) bond motifs is 1. The molecule has 1 heterocycles. The number of ketones is 1. The molecule has 0 spiro atoms. The summed E-state index contributed by atoms with van der Waals surface area (Å²) in [6, 6.07) is 1.24. The number of Topliss-reactive ketones (excluding diaryl/α,β-unsaturated/α-hetero) is 1. The molecule has 2 amide bonds. The maximum atomic E-state index is 12.3. The van der Waals surface area contributed by atoms with Crippen molar-refractivity contribution in [3.8, 4) is 0 Å². The number of amides is 2. The molecule has 0 unspecified atom stereocenters. The SMILES string of the molecule is CCCN1C[C@@H](NC(=O)N(C)C2CC2)C[C@@H]2CC(=O)CC[C@H]21. The van der Waals surface area contributed by atoms with Crippen molar-refractivity contribution in [2.45, 2.75) is 70.0 Å². The van der Waals surface area contributed by atoms with Gasteiger partial charge in [0.15, 0.2) is 0 Å². The summed E-state index contributed by atoms with van der Waals surface area (Å²) in [7, 11) is 1.90. The third-order valence-corrected chi connectivity index (χ3v) is 5.52. The highest BCUT2D eigenvalue weighted by Crippen LogP contribution is 2.34. The van der Waals surface area contributed by atoms with Gasteiger partial charge in [-0.05, 0) is 44.6 Å². The van der Waals surface area contributed by atoms with Gasteiger partial charge in [0.2, 0.25) is 0 Å². The van der Waals surface area contributed by atoms with Gasteiger partial charge in [0.25, 0.3) is 0 Å². The normalized spacial score (nSPS) is 32.5. The Balaban J connectivity index is 1.62. The van der Waals surface area contributed by atoms with Gasteiger partial charge in [-0.15, -0.1) is 0 Å². The molecule has 3 atom stereocenters. The molecule has 0 aromatic heterocycles. The van der Waals surface area contributed by atoms with Crippen molar-refractivity contribution in [1.29, 1.82) is 0 Å². The highest BCUT2D eigenvalue weighted by atomic mass is 16.2. The number of nitrogens with one attached hydrogen (secondary N) is 1. The number of hydrogen-bond donors (Lipinski definition) is 1. The fourth-order valence-electron chi connectivity index (χ4n) is 4.21. The molecule has 0 aromatic rings. The summed E-state index contributed by atoms with van der Waals surface area (Å²) in [5.74, 6) is 0.831. The van der Waals surface area contributed by atoms with Gasteiger partial charge >= 0.3 is 6.03 Å². The predicted octanol–water partition coefficient (Wildman–Crippen LogP) is 2.01. The van der Waals surface area contributed by atoms with Gasteiger partial charge in [-0.3, -0.25) is 9.69 Å². The lowest BCUT2D eigenvalue weighted by molar-refractivity contribution is -0.124. The molecule has 0 aromatic carbocycles. The second-order valence-electron chi connectivity index (χ2n) is 7.33. The van der Waals surface area contributed by atoms with Gasteiger partial charge in [0.1, 0.15) is 5.78 Å². The minimum atomic E-state index is 0.0598. The quantitative estimate of drug-likeness (QED) is 0.864. The Morgan fingerprint density at radius 3 is 2.82 bits per heavy atom. The van der Waals surface area contributed by atoms with Crippen LogP contribution in [0.1, 0.15) is 51.9 Å². The van der Waals surface area contributed by atoms with E-state index in [1.165, 1.54) is 0 Å². The van der Waals surface area contributed by atoms with Crippen LogP contribution in [-0.2, 0) is 4.79 Å². The lowest BCUT2D eigenvalue weighted by Gasteiger charge is -2.47. The Kier molecular flexibility index (Phi) is 4.71. The number of rotatable bonds is 4. The summed E-state index contributed by atoms with van der Waals surface area (Å²) >= 11 is 0. The number of carbonyl (C=O) groups is 2. The highest BCUT2D eigenvalue weighted by molar-refractivity contribution is 5.79. The topological polar surface area (TPSA) is 52.7 Å². The van der Waals surface area contributed by atoms with Crippen LogP contribution in [-0.4, -0.2) is 59.9 Å². The van der Waals surface area contributed by atoms with E-state index in [1.54, 1.807) is 0 Å². The number of piperidine rings is 1. The maximum Gasteiger partial charge on any atom is 0.317 e.